The molecule has 1 fully saturated rings. The molecule has 1 unspecified atom stereocenters. The lowest BCUT2D eigenvalue weighted by molar-refractivity contribution is -0.140. The molecular weight excluding hydrogens is 262 g/mol. The first-order valence-corrected chi connectivity index (χ1v) is 5.84. The molecule has 1 aliphatic rings. The maximum absolute atomic E-state index is 13.1. The number of Topliss-reactive ketones (excluding diaryl/α,β-unsaturated/α-hetero) is 1. The number of rotatable bonds is 3. The lowest BCUT2D eigenvalue weighted by Gasteiger charge is -2.23. The van der Waals surface area contributed by atoms with E-state index in [0.717, 1.165) is 18.9 Å². The molecule has 0 heterocycles. The fraction of sp³-hybridized carbons (Fsp3) is 0.462. The van der Waals surface area contributed by atoms with Crippen molar-refractivity contribution >= 4 is 5.78 Å². The second kappa shape index (κ2) is 4.30. The predicted octanol–water partition coefficient (Wildman–Crippen LogP) is 3.15. The minimum atomic E-state index is -4.83. The molecule has 1 aromatic carbocycles. The van der Waals surface area contributed by atoms with Crippen molar-refractivity contribution in [3.63, 3.8) is 0 Å². The summed E-state index contributed by atoms with van der Waals surface area (Å²) in [5, 5.41) is 0. The molecule has 2 nitrogen and oxygen atoms in total. The third kappa shape index (κ3) is 2.63. The Hall–Kier alpha value is -1.43. The van der Waals surface area contributed by atoms with E-state index in [1.807, 2.05) is 0 Å². The maximum atomic E-state index is 13.1. The monoisotopic (exact) mass is 275 g/mol. The van der Waals surface area contributed by atoms with Crippen molar-refractivity contribution in [3.05, 3.63) is 35.1 Å². The van der Waals surface area contributed by atoms with Gasteiger partial charge in [-0.25, -0.2) is 4.39 Å². The van der Waals surface area contributed by atoms with Crippen molar-refractivity contribution in [2.75, 3.05) is 0 Å². The molecule has 0 aliphatic heterocycles. The van der Waals surface area contributed by atoms with Crippen LogP contribution in [0.25, 0.3) is 0 Å². The second-order valence-electron chi connectivity index (χ2n) is 5.08. The lowest BCUT2D eigenvalue weighted by atomic mass is 9.87. The Balaban J connectivity index is 2.38. The molecule has 2 rings (SSSR count). The number of hydrogen-bond donors (Lipinski definition) is 1. The van der Waals surface area contributed by atoms with Crippen LogP contribution in [-0.2, 0) is 6.18 Å². The SMILES string of the molecule is CC(N)(C(=O)c1ccc(F)c(C(F)(F)F)c1)C1CC1. The maximum Gasteiger partial charge on any atom is 0.419 e. The minimum absolute atomic E-state index is 0.0145. The molecule has 19 heavy (non-hydrogen) atoms. The molecule has 0 aromatic heterocycles. The van der Waals surface area contributed by atoms with E-state index in [4.69, 9.17) is 5.73 Å². The number of nitrogens with two attached hydrogens (primary N) is 1. The number of halogens is 4. The topological polar surface area (TPSA) is 43.1 Å². The molecule has 0 spiro atoms. The van der Waals surface area contributed by atoms with Gasteiger partial charge in [0.25, 0.3) is 0 Å². The highest BCUT2D eigenvalue weighted by Gasteiger charge is 2.45. The van der Waals surface area contributed by atoms with Crippen molar-refractivity contribution in [2.24, 2.45) is 11.7 Å². The fourth-order valence-corrected chi connectivity index (χ4v) is 2.06. The number of alkyl halides is 3. The van der Waals surface area contributed by atoms with Crippen LogP contribution < -0.4 is 5.73 Å². The number of ketones is 1. The van der Waals surface area contributed by atoms with Gasteiger partial charge in [0.05, 0.1) is 11.1 Å². The van der Waals surface area contributed by atoms with Crippen LogP contribution in [0.5, 0.6) is 0 Å². The Labute approximate surface area is 107 Å². The minimum Gasteiger partial charge on any atom is -0.319 e. The highest BCUT2D eigenvalue weighted by molar-refractivity contribution is 6.03. The number of carbonyl (C=O) groups is 1. The van der Waals surface area contributed by atoms with Crippen molar-refractivity contribution < 1.29 is 22.4 Å². The smallest absolute Gasteiger partial charge is 0.319 e. The number of hydrogen-bond acceptors (Lipinski definition) is 2. The largest absolute Gasteiger partial charge is 0.419 e. The summed E-state index contributed by atoms with van der Waals surface area (Å²) in [6, 6.07) is 2.23. The van der Waals surface area contributed by atoms with E-state index >= 15 is 0 Å². The zero-order chi connectivity index (χ0) is 14.4. The van der Waals surface area contributed by atoms with E-state index in [1.54, 1.807) is 0 Å². The Bertz CT molecular complexity index is 518. The highest BCUT2D eigenvalue weighted by atomic mass is 19.4. The molecule has 1 aromatic rings. The van der Waals surface area contributed by atoms with Gasteiger partial charge in [0.2, 0.25) is 0 Å². The molecule has 0 bridgehead atoms. The van der Waals surface area contributed by atoms with Crippen LogP contribution in [0.1, 0.15) is 35.7 Å². The zero-order valence-corrected chi connectivity index (χ0v) is 10.2. The van der Waals surface area contributed by atoms with Gasteiger partial charge in [-0.15, -0.1) is 0 Å². The van der Waals surface area contributed by atoms with Gasteiger partial charge in [-0.1, -0.05) is 0 Å². The van der Waals surface area contributed by atoms with Gasteiger partial charge >= 0.3 is 6.18 Å². The fourth-order valence-electron chi connectivity index (χ4n) is 2.06. The third-order valence-corrected chi connectivity index (χ3v) is 3.45. The average Bonchev–Trinajstić information content (AvgIpc) is 3.11. The van der Waals surface area contributed by atoms with Gasteiger partial charge in [-0.2, -0.15) is 13.2 Å². The molecule has 0 amide bonds. The Morgan fingerprint density at radius 3 is 2.37 bits per heavy atom. The molecule has 6 heteroatoms. The van der Waals surface area contributed by atoms with E-state index < -0.39 is 28.9 Å². The van der Waals surface area contributed by atoms with E-state index in [2.05, 4.69) is 0 Å². The van der Waals surface area contributed by atoms with Crippen LogP contribution in [0.4, 0.5) is 17.6 Å². The third-order valence-electron chi connectivity index (χ3n) is 3.45. The Morgan fingerprint density at radius 1 is 1.32 bits per heavy atom. The van der Waals surface area contributed by atoms with E-state index in [1.165, 1.54) is 6.92 Å². The standard InChI is InChI=1S/C13H13F4NO/c1-12(18,8-3-4-8)11(19)7-2-5-10(14)9(6-7)13(15,16)17/h2,5-6,8H,3-4,18H2,1H3. The van der Waals surface area contributed by atoms with Crippen LogP contribution in [0, 0.1) is 11.7 Å². The van der Waals surface area contributed by atoms with Crippen molar-refractivity contribution in [2.45, 2.75) is 31.5 Å². The first-order valence-electron chi connectivity index (χ1n) is 5.84. The normalized spacial score (nSPS) is 19.1. The Kier molecular flexibility index (Phi) is 3.16. The summed E-state index contributed by atoms with van der Waals surface area (Å²) in [5.74, 6) is -1.99. The summed E-state index contributed by atoms with van der Waals surface area (Å²) in [6.07, 6.45) is -3.26. The van der Waals surface area contributed by atoms with Gasteiger partial charge in [0.1, 0.15) is 5.82 Å². The zero-order valence-electron chi connectivity index (χ0n) is 10.2. The van der Waals surface area contributed by atoms with Crippen LogP contribution in [0.2, 0.25) is 0 Å². The van der Waals surface area contributed by atoms with Gasteiger partial charge in [-0.3, -0.25) is 4.79 Å². The van der Waals surface area contributed by atoms with Crippen LogP contribution in [0.15, 0.2) is 18.2 Å². The van der Waals surface area contributed by atoms with Gasteiger partial charge in [0, 0.05) is 5.56 Å². The summed E-state index contributed by atoms with van der Waals surface area (Å²) in [6.45, 7) is 1.50. The van der Waals surface area contributed by atoms with E-state index in [0.29, 0.717) is 12.1 Å². The van der Waals surface area contributed by atoms with Gasteiger partial charge < -0.3 is 5.73 Å². The van der Waals surface area contributed by atoms with Gasteiger partial charge in [0.15, 0.2) is 5.78 Å². The molecular formula is C13H13F4NO. The average molecular weight is 275 g/mol. The highest BCUT2D eigenvalue weighted by Crippen LogP contribution is 2.40. The number of carbonyl (C=O) groups excluding carboxylic acids is 1. The van der Waals surface area contributed by atoms with Crippen LogP contribution in [-0.4, -0.2) is 11.3 Å². The molecule has 1 atom stereocenters. The van der Waals surface area contributed by atoms with Crippen molar-refractivity contribution in [3.8, 4) is 0 Å². The summed E-state index contributed by atoms with van der Waals surface area (Å²) in [7, 11) is 0. The van der Waals surface area contributed by atoms with Crippen molar-refractivity contribution in [1.29, 1.82) is 0 Å². The van der Waals surface area contributed by atoms with E-state index in [9.17, 15) is 22.4 Å². The lowest BCUT2D eigenvalue weighted by Crippen LogP contribution is -2.47. The number of benzene rings is 1. The predicted molar refractivity (Wildman–Crippen MR) is 61.0 cm³/mol. The second-order valence-corrected chi connectivity index (χ2v) is 5.08. The molecule has 0 radical (unpaired) electrons. The summed E-state index contributed by atoms with van der Waals surface area (Å²) in [5.41, 5.74) is 3.03. The van der Waals surface area contributed by atoms with E-state index in [-0.39, 0.29) is 11.5 Å². The summed E-state index contributed by atoms with van der Waals surface area (Å²) in [4.78, 5) is 12.1. The Morgan fingerprint density at radius 2 is 1.89 bits per heavy atom. The van der Waals surface area contributed by atoms with Gasteiger partial charge in [-0.05, 0) is 43.9 Å². The van der Waals surface area contributed by atoms with Crippen molar-refractivity contribution in [1.82, 2.24) is 0 Å². The quantitative estimate of drug-likeness (QED) is 0.680. The molecule has 104 valence electrons. The molecule has 1 saturated carbocycles. The molecule has 1 aliphatic carbocycles. The summed E-state index contributed by atoms with van der Waals surface area (Å²) >= 11 is 0. The van der Waals surface area contributed by atoms with Crippen LogP contribution >= 0.6 is 0 Å². The molecule has 0 saturated heterocycles. The van der Waals surface area contributed by atoms with Crippen LogP contribution in [0.3, 0.4) is 0 Å². The first kappa shape index (κ1) is 14.0. The molecule has 2 N–H and O–H groups in total. The summed E-state index contributed by atoms with van der Waals surface area (Å²) < 4.78 is 50.9. The first-order chi connectivity index (χ1) is 8.64.